The molecule has 1 atom stereocenters. The molecule has 3 rings (SSSR count). The lowest BCUT2D eigenvalue weighted by Gasteiger charge is -2.38. The summed E-state index contributed by atoms with van der Waals surface area (Å²) in [4.78, 5) is 29.7. The van der Waals surface area contributed by atoms with E-state index in [2.05, 4.69) is 10.3 Å². The van der Waals surface area contributed by atoms with Crippen LogP contribution in [0.15, 0.2) is 24.4 Å². The number of H-pyrrole nitrogens is 1. The number of nitrogens with zero attached hydrogens (tertiary/aromatic N) is 1. The van der Waals surface area contributed by atoms with E-state index >= 15 is 0 Å². The first-order chi connectivity index (χ1) is 11.5. The standard InChI is InChI=1S/C17H21N3O4/c1-17(16(22)18-2)10-20(6-7-24-17)15(21)13-9-19-14-5-4-11(23-3)8-12(13)14/h4-5,8-9,19H,6-7,10H2,1-3H3,(H,18,22)/t17-/m1/s1. The number of morpholine rings is 1. The van der Waals surface area contributed by atoms with Crippen molar-refractivity contribution in [2.45, 2.75) is 12.5 Å². The molecule has 0 radical (unpaired) electrons. The quantitative estimate of drug-likeness (QED) is 0.884. The van der Waals surface area contributed by atoms with Crippen molar-refractivity contribution in [3.05, 3.63) is 30.0 Å². The van der Waals surface area contributed by atoms with Gasteiger partial charge in [0, 0.05) is 30.7 Å². The molecular weight excluding hydrogens is 310 g/mol. The Morgan fingerprint density at radius 2 is 2.21 bits per heavy atom. The van der Waals surface area contributed by atoms with Gasteiger partial charge >= 0.3 is 0 Å². The summed E-state index contributed by atoms with van der Waals surface area (Å²) < 4.78 is 10.8. The second-order valence-corrected chi connectivity index (χ2v) is 6.00. The largest absolute Gasteiger partial charge is 0.497 e. The van der Waals surface area contributed by atoms with Gasteiger partial charge in [-0.2, -0.15) is 0 Å². The van der Waals surface area contributed by atoms with Gasteiger partial charge in [0.2, 0.25) is 0 Å². The number of benzene rings is 1. The summed E-state index contributed by atoms with van der Waals surface area (Å²) in [5.41, 5.74) is 0.387. The van der Waals surface area contributed by atoms with Gasteiger partial charge in [-0.25, -0.2) is 0 Å². The highest BCUT2D eigenvalue weighted by Crippen LogP contribution is 2.26. The lowest BCUT2D eigenvalue weighted by atomic mass is 10.0. The molecule has 1 fully saturated rings. The first kappa shape index (κ1) is 16.3. The predicted octanol–water partition coefficient (Wildman–Crippen LogP) is 1.15. The molecule has 7 heteroatoms. The molecule has 2 heterocycles. The summed E-state index contributed by atoms with van der Waals surface area (Å²) in [7, 11) is 3.15. The number of hydrogen-bond acceptors (Lipinski definition) is 4. The Labute approximate surface area is 139 Å². The van der Waals surface area contributed by atoms with Gasteiger partial charge < -0.3 is 24.7 Å². The summed E-state index contributed by atoms with van der Waals surface area (Å²) in [6.45, 7) is 2.68. The van der Waals surface area contributed by atoms with Gasteiger partial charge in [0.1, 0.15) is 5.75 Å². The Bertz CT molecular complexity index is 785. The summed E-state index contributed by atoms with van der Waals surface area (Å²) >= 11 is 0. The fourth-order valence-electron chi connectivity index (χ4n) is 3.02. The zero-order valence-electron chi connectivity index (χ0n) is 14.0. The van der Waals surface area contributed by atoms with E-state index in [1.165, 1.54) is 0 Å². The fourth-order valence-corrected chi connectivity index (χ4v) is 3.02. The third-order valence-electron chi connectivity index (χ3n) is 4.39. The Hall–Kier alpha value is -2.54. The van der Waals surface area contributed by atoms with Crippen molar-refractivity contribution in [2.24, 2.45) is 0 Å². The van der Waals surface area contributed by atoms with Crippen molar-refractivity contribution in [1.29, 1.82) is 0 Å². The summed E-state index contributed by atoms with van der Waals surface area (Å²) in [6.07, 6.45) is 1.69. The molecular formula is C17H21N3O4. The molecule has 128 valence electrons. The van der Waals surface area contributed by atoms with Crippen LogP contribution in [-0.4, -0.2) is 61.2 Å². The minimum Gasteiger partial charge on any atom is -0.497 e. The van der Waals surface area contributed by atoms with Gasteiger partial charge in [-0.3, -0.25) is 9.59 Å². The van der Waals surface area contributed by atoms with Crippen LogP contribution in [0.3, 0.4) is 0 Å². The molecule has 24 heavy (non-hydrogen) atoms. The van der Waals surface area contributed by atoms with Gasteiger partial charge in [-0.05, 0) is 25.1 Å². The number of nitrogens with one attached hydrogen (secondary N) is 2. The van der Waals surface area contributed by atoms with Crippen molar-refractivity contribution in [1.82, 2.24) is 15.2 Å². The van der Waals surface area contributed by atoms with Crippen LogP contribution < -0.4 is 10.1 Å². The van der Waals surface area contributed by atoms with Crippen LogP contribution in [0, 0.1) is 0 Å². The molecule has 0 unspecified atom stereocenters. The average Bonchev–Trinajstić information content (AvgIpc) is 3.03. The minimum absolute atomic E-state index is 0.132. The van der Waals surface area contributed by atoms with Crippen molar-refractivity contribution >= 4 is 22.7 Å². The molecule has 1 saturated heterocycles. The first-order valence-electron chi connectivity index (χ1n) is 7.79. The number of likely N-dealkylation sites (N-methyl/N-ethyl adjacent to an activating group) is 1. The third kappa shape index (κ3) is 2.71. The number of rotatable bonds is 3. The third-order valence-corrected chi connectivity index (χ3v) is 4.39. The molecule has 1 aromatic heterocycles. The van der Waals surface area contributed by atoms with Gasteiger partial charge in [-0.15, -0.1) is 0 Å². The second-order valence-electron chi connectivity index (χ2n) is 6.00. The smallest absolute Gasteiger partial charge is 0.256 e. The Morgan fingerprint density at radius 1 is 1.42 bits per heavy atom. The maximum absolute atomic E-state index is 13.0. The second kappa shape index (κ2) is 6.16. The van der Waals surface area contributed by atoms with E-state index in [0.717, 1.165) is 10.9 Å². The van der Waals surface area contributed by atoms with Gasteiger partial charge in [0.15, 0.2) is 5.60 Å². The molecule has 0 spiro atoms. The highest BCUT2D eigenvalue weighted by atomic mass is 16.5. The molecule has 0 aliphatic carbocycles. The van der Waals surface area contributed by atoms with Gasteiger partial charge in [0.05, 0.1) is 25.8 Å². The topological polar surface area (TPSA) is 83.7 Å². The first-order valence-corrected chi connectivity index (χ1v) is 7.79. The maximum Gasteiger partial charge on any atom is 0.256 e. The van der Waals surface area contributed by atoms with Gasteiger partial charge in [0.25, 0.3) is 11.8 Å². The van der Waals surface area contributed by atoms with Crippen LogP contribution in [0.5, 0.6) is 5.75 Å². The normalized spacial score (nSPS) is 20.9. The average molecular weight is 331 g/mol. The molecule has 1 aliphatic rings. The van der Waals surface area contributed by atoms with Crippen LogP contribution in [0.25, 0.3) is 10.9 Å². The Kier molecular flexibility index (Phi) is 4.19. The van der Waals surface area contributed by atoms with Crippen molar-refractivity contribution in [2.75, 3.05) is 33.9 Å². The maximum atomic E-state index is 13.0. The van der Waals surface area contributed by atoms with Crippen LogP contribution in [-0.2, 0) is 9.53 Å². The van der Waals surface area contributed by atoms with Crippen LogP contribution in [0.4, 0.5) is 0 Å². The monoisotopic (exact) mass is 331 g/mol. The van der Waals surface area contributed by atoms with E-state index in [1.807, 2.05) is 18.2 Å². The number of amides is 2. The molecule has 2 aromatic rings. The number of aromatic amines is 1. The number of hydrogen-bond donors (Lipinski definition) is 2. The number of ether oxygens (including phenoxy) is 2. The lowest BCUT2D eigenvalue weighted by Crippen LogP contribution is -2.58. The van der Waals surface area contributed by atoms with E-state index in [0.29, 0.717) is 24.5 Å². The summed E-state index contributed by atoms with van der Waals surface area (Å²) in [6, 6.07) is 5.54. The SMILES string of the molecule is CNC(=O)[C@@]1(C)CN(C(=O)c2c[nH]c3ccc(OC)cc23)CCO1. The molecule has 1 aromatic carbocycles. The van der Waals surface area contributed by atoms with Crippen LogP contribution in [0.2, 0.25) is 0 Å². The minimum atomic E-state index is -1.04. The lowest BCUT2D eigenvalue weighted by molar-refractivity contribution is -0.153. The van der Waals surface area contributed by atoms with Crippen molar-refractivity contribution in [3.63, 3.8) is 0 Å². The van der Waals surface area contributed by atoms with Crippen LogP contribution in [0.1, 0.15) is 17.3 Å². The summed E-state index contributed by atoms with van der Waals surface area (Å²) in [5, 5.41) is 3.39. The number of carbonyl (C=O) groups is 2. The zero-order valence-corrected chi connectivity index (χ0v) is 14.0. The Morgan fingerprint density at radius 3 is 2.92 bits per heavy atom. The Balaban J connectivity index is 1.90. The zero-order chi connectivity index (χ0) is 17.3. The molecule has 7 nitrogen and oxygen atoms in total. The molecule has 2 N–H and O–H groups in total. The highest BCUT2D eigenvalue weighted by Gasteiger charge is 2.40. The predicted molar refractivity (Wildman–Crippen MR) is 89.2 cm³/mol. The van der Waals surface area contributed by atoms with Crippen LogP contribution >= 0.6 is 0 Å². The molecule has 0 saturated carbocycles. The number of fused-ring (bicyclic) bond motifs is 1. The van der Waals surface area contributed by atoms with E-state index in [9.17, 15) is 9.59 Å². The van der Waals surface area contributed by atoms with Crippen molar-refractivity contribution < 1.29 is 19.1 Å². The highest BCUT2D eigenvalue weighted by molar-refractivity contribution is 6.07. The summed E-state index contributed by atoms with van der Waals surface area (Å²) in [5.74, 6) is 0.321. The number of aromatic nitrogens is 1. The van der Waals surface area contributed by atoms with E-state index < -0.39 is 5.60 Å². The number of carbonyl (C=O) groups excluding carboxylic acids is 2. The molecule has 0 bridgehead atoms. The molecule has 1 aliphatic heterocycles. The number of methoxy groups -OCH3 is 1. The van der Waals surface area contributed by atoms with E-state index in [1.54, 1.807) is 32.2 Å². The van der Waals surface area contributed by atoms with E-state index in [4.69, 9.17) is 9.47 Å². The van der Waals surface area contributed by atoms with E-state index in [-0.39, 0.29) is 18.4 Å². The molecule has 2 amide bonds. The van der Waals surface area contributed by atoms with Gasteiger partial charge in [-0.1, -0.05) is 0 Å². The fraction of sp³-hybridized carbons (Fsp3) is 0.412. The van der Waals surface area contributed by atoms with Crippen molar-refractivity contribution in [3.8, 4) is 5.75 Å².